The summed E-state index contributed by atoms with van der Waals surface area (Å²) < 4.78 is 30.4. The average Bonchev–Trinajstić information content (AvgIpc) is 3.69. The largest absolute Gasteiger partial charge is 0.756 e. The summed E-state index contributed by atoms with van der Waals surface area (Å²) in [7, 11) is 1.14. The summed E-state index contributed by atoms with van der Waals surface area (Å²) in [6, 6.07) is -0.917. The number of phosphoric ester groups is 1. The van der Waals surface area contributed by atoms with Gasteiger partial charge in [-0.15, -0.1) is 0 Å². The van der Waals surface area contributed by atoms with Crippen molar-refractivity contribution in [1.82, 2.24) is 5.32 Å². The number of hydrogen-bond acceptors (Lipinski definition) is 7. The Balaban J connectivity index is 5.22. The van der Waals surface area contributed by atoms with Crippen LogP contribution in [0.3, 0.4) is 0 Å². The molecule has 0 saturated heterocycles. The molecule has 3 atom stereocenters. The molecule has 0 aromatic heterocycles. The summed E-state index contributed by atoms with van der Waals surface area (Å²) >= 11 is 0. The van der Waals surface area contributed by atoms with Crippen LogP contribution in [-0.4, -0.2) is 69.4 Å². The number of phosphoric acid groups is 1. The molecule has 0 heterocycles. The van der Waals surface area contributed by atoms with Crippen LogP contribution < -0.4 is 10.2 Å². The molecule has 3 unspecified atom stereocenters. The van der Waals surface area contributed by atoms with E-state index >= 15 is 0 Å². The zero-order chi connectivity index (χ0) is 63.5. The summed E-state index contributed by atoms with van der Waals surface area (Å²) in [4.78, 5) is 40.2. The van der Waals surface area contributed by atoms with Crippen molar-refractivity contribution in [2.24, 2.45) is 0 Å². The first-order chi connectivity index (χ1) is 42.4. The van der Waals surface area contributed by atoms with Crippen molar-refractivity contribution >= 4 is 19.7 Å². The molecule has 0 radical (unpaired) electrons. The molecule has 0 aliphatic rings. The van der Waals surface area contributed by atoms with E-state index in [2.05, 4.69) is 160 Å². The fourth-order valence-corrected chi connectivity index (χ4v) is 10.2. The van der Waals surface area contributed by atoms with E-state index in [0.29, 0.717) is 23.9 Å². The lowest BCUT2D eigenvalue weighted by molar-refractivity contribution is -0.870. The van der Waals surface area contributed by atoms with Gasteiger partial charge in [-0.2, -0.15) is 0 Å². The number of likely N-dealkylation sites (N-methyl/N-ethyl adjacent to an activating group) is 1. The number of carbonyl (C=O) groups is 2. The van der Waals surface area contributed by atoms with E-state index in [-0.39, 0.29) is 31.3 Å². The highest BCUT2D eigenvalue weighted by atomic mass is 31.2. The van der Waals surface area contributed by atoms with Crippen molar-refractivity contribution in [1.29, 1.82) is 0 Å². The van der Waals surface area contributed by atoms with Crippen molar-refractivity contribution in [2.75, 3.05) is 40.9 Å². The number of nitrogens with zero attached hydrogens (tertiary/aromatic N) is 1. The predicted octanol–water partition coefficient (Wildman–Crippen LogP) is 21.9. The maximum Gasteiger partial charge on any atom is 0.306 e. The Labute approximate surface area is 536 Å². The minimum absolute atomic E-state index is 0.0366. The van der Waals surface area contributed by atoms with E-state index in [0.717, 1.165) is 141 Å². The standard InChI is InChI=1S/C77H131N2O7P/c1-7-10-13-16-19-22-25-28-30-32-34-36-38-39-41-43-45-47-49-52-55-58-61-64-67-70-77(81)86-75(68-65-62-59-56-53-50-27-24-21-18-15-12-9-3)74(73-85-87(82,83)84-72-71-79(4,5)6)78-76(80)69-66-63-60-57-54-51-48-46-44-42-40-37-35-33-31-29-26-23-20-17-14-11-8-2/h10-11,13-14,19-20,22-23,28-31,34-37,39,41-42,44,48,51,65,68,74-75H,7-9,12,15-18,21,24-27,32-33,38,40,43,45-47,49-50,52-64,66-67,69-73H2,1-6H3,(H-,78,80,82,83)/b13-10-,14-11-,22-19-,23-20-,30-28-,31-29-,36-34-,37-35-,41-39-,44-42-,51-48-,68-65+. The molecule has 0 bridgehead atoms. The summed E-state index contributed by atoms with van der Waals surface area (Å²) in [6.45, 7) is 6.59. The summed E-state index contributed by atoms with van der Waals surface area (Å²) in [5, 5.41) is 3.02. The molecule has 87 heavy (non-hydrogen) atoms. The summed E-state index contributed by atoms with van der Waals surface area (Å²) in [6.07, 6.45) is 93.9. The first kappa shape index (κ1) is 82.9. The van der Waals surface area contributed by atoms with Gasteiger partial charge in [0.15, 0.2) is 0 Å². The number of rotatable bonds is 62. The van der Waals surface area contributed by atoms with Gasteiger partial charge in [-0.1, -0.05) is 283 Å². The van der Waals surface area contributed by atoms with Crippen molar-refractivity contribution in [3.05, 3.63) is 146 Å². The normalized spacial score (nSPS) is 14.4. The fourth-order valence-electron chi connectivity index (χ4n) is 9.43. The molecule has 0 aromatic rings. The van der Waals surface area contributed by atoms with Gasteiger partial charge in [0.05, 0.1) is 33.8 Å². The molecule has 0 rings (SSSR count). The molecule has 1 amide bonds. The lowest BCUT2D eigenvalue weighted by atomic mass is 10.0. The van der Waals surface area contributed by atoms with Gasteiger partial charge in [-0.05, 0) is 128 Å². The molecule has 9 nitrogen and oxygen atoms in total. The highest BCUT2D eigenvalue weighted by Gasteiger charge is 2.27. The zero-order valence-electron chi connectivity index (χ0n) is 56.7. The van der Waals surface area contributed by atoms with E-state index in [9.17, 15) is 19.0 Å². The molecule has 496 valence electrons. The highest BCUT2D eigenvalue weighted by Crippen LogP contribution is 2.38. The second kappa shape index (κ2) is 64.9. The van der Waals surface area contributed by atoms with Crippen LogP contribution in [0.15, 0.2) is 146 Å². The third-order valence-electron chi connectivity index (χ3n) is 14.8. The van der Waals surface area contributed by atoms with Crippen LogP contribution >= 0.6 is 7.82 Å². The van der Waals surface area contributed by atoms with E-state index < -0.39 is 26.6 Å². The van der Waals surface area contributed by atoms with Crippen LogP contribution in [0.25, 0.3) is 0 Å². The molecule has 1 N–H and O–H groups in total. The quantitative estimate of drug-likeness (QED) is 0.0212. The minimum Gasteiger partial charge on any atom is -0.756 e. The Hall–Kier alpha value is -4.11. The second-order valence-corrected chi connectivity index (χ2v) is 25.7. The number of esters is 1. The van der Waals surface area contributed by atoms with Gasteiger partial charge in [0.1, 0.15) is 19.3 Å². The number of amides is 1. The summed E-state index contributed by atoms with van der Waals surface area (Å²) in [5.41, 5.74) is 0. The lowest BCUT2D eigenvalue weighted by Crippen LogP contribution is -2.47. The topological polar surface area (TPSA) is 114 Å². The summed E-state index contributed by atoms with van der Waals surface area (Å²) in [5.74, 6) is -0.583. The maximum atomic E-state index is 13.6. The van der Waals surface area contributed by atoms with Crippen LogP contribution in [0, 0.1) is 0 Å². The number of nitrogens with one attached hydrogen (secondary N) is 1. The number of quaternary nitrogens is 1. The van der Waals surface area contributed by atoms with E-state index in [1.807, 2.05) is 33.3 Å². The van der Waals surface area contributed by atoms with Crippen LogP contribution in [0.1, 0.15) is 278 Å². The zero-order valence-corrected chi connectivity index (χ0v) is 57.6. The van der Waals surface area contributed by atoms with Gasteiger partial charge in [-0.25, -0.2) is 0 Å². The van der Waals surface area contributed by atoms with E-state index in [4.69, 9.17) is 13.8 Å². The third kappa shape index (κ3) is 66.1. The predicted molar refractivity (Wildman–Crippen MR) is 376 cm³/mol. The molecule has 0 spiro atoms. The average molecular weight is 1230 g/mol. The lowest BCUT2D eigenvalue weighted by Gasteiger charge is -2.30. The maximum absolute atomic E-state index is 13.6. The number of carbonyl (C=O) groups excluding carboxylic acids is 2. The fraction of sp³-hybridized carbons (Fsp3) is 0.662. The Morgan fingerprint density at radius 2 is 0.736 bits per heavy atom. The molecule has 0 aliphatic carbocycles. The molecule has 0 fully saturated rings. The van der Waals surface area contributed by atoms with Gasteiger partial charge < -0.3 is 28.5 Å². The first-order valence-corrected chi connectivity index (χ1v) is 36.6. The van der Waals surface area contributed by atoms with Gasteiger partial charge in [0.2, 0.25) is 5.91 Å². The molecule has 10 heteroatoms. The monoisotopic (exact) mass is 1230 g/mol. The van der Waals surface area contributed by atoms with E-state index in [1.165, 1.54) is 89.9 Å². The molecule has 0 aromatic carbocycles. The van der Waals surface area contributed by atoms with E-state index in [1.54, 1.807) is 0 Å². The van der Waals surface area contributed by atoms with Crippen molar-refractivity contribution in [2.45, 2.75) is 290 Å². The number of ether oxygens (including phenoxy) is 1. The molecule has 0 saturated carbocycles. The van der Waals surface area contributed by atoms with Gasteiger partial charge >= 0.3 is 5.97 Å². The van der Waals surface area contributed by atoms with Crippen LogP contribution in [0.2, 0.25) is 0 Å². The van der Waals surface area contributed by atoms with Crippen molar-refractivity contribution < 1.29 is 37.3 Å². The minimum atomic E-state index is -4.73. The Bertz CT molecular complexity index is 2000. The second-order valence-electron chi connectivity index (χ2n) is 24.3. The van der Waals surface area contributed by atoms with Gasteiger partial charge in [-0.3, -0.25) is 14.2 Å². The Morgan fingerprint density at radius 1 is 0.414 bits per heavy atom. The number of unbranched alkanes of at least 4 members (excludes halogenated alkanes) is 24. The number of hydrogen-bond donors (Lipinski definition) is 1. The highest BCUT2D eigenvalue weighted by molar-refractivity contribution is 7.45. The van der Waals surface area contributed by atoms with Crippen molar-refractivity contribution in [3.63, 3.8) is 0 Å². The van der Waals surface area contributed by atoms with Crippen LogP contribution in [0.4, 0.5) is 0 Å². The Morgan fingerprint density at radius 3 is 1.10 bits per heavy atom. The van der Waals surface area contributed by atoms with Gasteiger partial charge in [0, 0.05) is 12.8 Å². The van der Waals surface area contributed by atoms with Gasteiger partial charge in [0.25, 0.3) is 7.82 Å². The van der Waals surface area contributed by atoms with Crippen LogP contribution in [-0.2, 0) is 27.9 Å². The molecular weight excluding hydrogens is 1100 g/mol. The smallest absolute Gasteiger partial charge is 0.306 e. The molecular formula is C77H131N2O7P. The Kier molecular flexibility index (Phi) is 61.8. The molecule has 0 aliphatic heterocycles. The van der Waals surface area contributed by atoms with Crippen LogP contribution in [0.5, 0.6) is 0 Å². The first-order valence-electron chi connectivity index (χ1n) is 35.1. The SMILES string of the molecule is CC/C=C\C/C=C\C/C=C\C/C=C\C/C=C\C/C=C\CCCCCCC(=O)NC(COP(=O)([O-])OCC[N+](C)(C)C)C(/C=C/CCCCCCCCCCCCC)OC(=O)CCCCCCCCCCC/C=C\C/C=C\C/C=C\C/C=C\C/C=C\CC. The van der Waals surface area contributed by atoms with Crippen molar-refractivity contribution in [3.8, 4) is 0 Å². The number of allylic oxidation sites excluding steroid dienone is 23. The third-order valence-corrected chi connectivity index (χ3v) is 15.7.